The molecule has 20 heavy (non-hydrogen) atoms. The molecule has 0 bridgehead atoms. The number of benzene rings is 1. The van der Waals surface area contributed by atoms with E-state index in [1.807, 2.05) is 36.2 Å². The lowest BCUT2D eigenvalue weighted by Crippen LogP contribution is -2.50. The summed E-state index contributed by atoms with van der Waals surface area (Å²) in [6.45, 7) is 0. The topological polar surface area (TPSA) is 55.6 Å². The molecule has 0 aliphatic heterocycles. The molecule has 1 saturated carbocycles. The zero-order chi connectivity index (χ0) is 14.5. The lowest BCUT2D eigenvalue weighted by atomic mass is 9.90. The van der Waals surface area contributed by atoms with Gasteiger partial charge in [-0.1, -0.05) is 31.0 Å². The van der Waals surface area contributed by atoms with E-state index in [9.17, 15) is 4.79 Å². The van der Waals surface area contributed by atoms with E-state index in [0.29, 0.717) is 6.42 Å². The van der Waals surface area contributed by atoms with Gasteiger partial charge >= 0.3 is 0 Å². The van der Waals surface area contributed by atoms with Gasteiger partial charge in [-0.15, -0.1) is 0 Å². The molecular formula is C16H24N2O2. The van der Waals surface area contributed by atoms with Crippen molar-refractivity contribution in [3.63, 3.8) is 0 Å². The van der Waals surface area contributed by atoms with Crippen LogP contribution in [-0.4, -0.2) is 37.0 Å². The van der Waals surface area contributed by atoms with Crippen LogP contribution in [0.15, 0.2) is 24.3 Å². The fraction of sp³-hybridized carbons (Fsp3) is 0.562. The Kier molecular flexibility index (Phi) is 5.01. The van der Waals surface area contributed by atoms with E-state index < -0.39 is 0 Å². The zero-order valence-corrected chi connectivity index (χ0v) is 12.3. The summed E-state index contributed by atoms with van der Waals surface area (Å²) in [6.07, 6.45) is 4.72. The molecule has 1 aromatic rings. The molecular weight excluding hydrogens is 252 g/mol. The van der Waals surface area contributed by atoms with E-state index in [1.165, 1.54) is 6.42 Å². The predicted octanol–water partition coefficient (Wildman–Crippen LogP) is 1.97. The lowest BCUT2D eigenvalue weighted by molar-refractivity contribution is -0.132. The third-order valence-corrected chi connectivity index (χ3v) is 4.21. The largest absolute Gasteiger partial charge is 0.496 e. The van der Waals surface area contributed by atoms with E-state index in [4.69, 9.17) is 10.5 Å². The molecule has 4 heteroatoms. The van der Waals surface area contributed by atoms with Crippen molar-refractivity contribution in [2.45, 2.75) is 44.2 Å². The van der Waals surface area contributed by atoms with Crippen molar-refractivity contribution < 1.29 is 9.53 Å². The smallest absolute Gasteiger partial charge is 0.227 e. The normalized spacial score (nSPS) is 22.4. The molecule has 0 heterocycles. The van der Waals surface area contributed by atoms with Gasteiger partial charge in [0.25, 0.3) is 0 Å². The van der Waals surface area contributed by atoms with Crippen molar-refractivity contribution in [1.82, 2.24) is 4.90 Å². The number of hydrogen-bond donors (Lipinski definition) is 1. The molecule has 0 aromatic heterocycles. The van der Waals surface area contributed by atoms with Crippen molar-refractivity contribution in [1.29, 1.82) is 0 Å². The van der Waals surface area contributed by atoms with E-state index in [0.717, 1.165) is 30.6 Å². The maximum atomic E-state index is 12.4. The van der Waals surface area contributed by atoms with Gasteiger partial charge in [0, 0.05) is 24.7 Å². The summed E-state index contributed by atoms with van der Waals surface area (Å²) in [7, 11) is 3.50. The van der Waals surface area contributed by atoms with Crippen LogP contribution in [0.25, 0.3) is 0 Å². The van der Waals surface area contributed by atoms with Crippen LogP contribution in [0.3, 0.4) is 0 Å². The van der Waals surface area contributed by atoms with Gasteiger partial charge in [0.15, 0.2) is 0 Å². The molecule has 2 atom stereocenters. The maximum absolute atomic E-state index is 12.4. The minimum absolute atomic E-state index is 0.107. The second kappa shape index (κ2) is 6.75. The van der Waals surface area contributed by atoms with Crippen molar-refractivity contribution >= 4 is 5.91 Å². The first-order valence-electron chi connectivity index (χ1n) is 7.26. The van der Waals surface area contributed by atoms with E-state index in [1.54, 1.807) is 7.11 Å². The number of para-hydroxylation sites is 1. The second-order valence-electron chi connectivity index (χ2n) is 5.51. The number of ether oxygens (including phenoxy) is 1. The van der Waals surface area contributed by atoms with Crippen LogP contribution in [0.1, 0.15) is 31.2 Å². The summed E-state index contributed by atoms with van der Waals surface area (Å²) < 4.78 is 5.30. The van der Waals surface area contributed by atoms with Gasteiger partial charge in [0.05, 0.1) is 13.5 Å². The number of carbonyl (C=O) groups is 1. The quantitative estimate of drug-likeness (QED) is 0.914. The monoisotopic (exact) mass is 276 g/mol. The molecule has 0 spiro atoms. The molecule has 4 nitrogen and oxygen atoms in total. The molecule has 2 rings (SSSR count). The fourth-order valence-corrected chi connectivity index (χ4v) is 2.94. The second-order valence-corrected chi connectivity index (χ2v) is 5.51. The van der Waals surface area contributed by atoms with Crippen LogP contribution >= 0.6 is 0 Å². The van der Waals surface area contributed by atoms with E-state index in [2.05, 4.69) is 0 Å². The van der Waals surface area contributed by atoms with Gasteiger partial charge in [-0.25, -0.2) is 0 Å². The SMILES string of the molecule is COc1ccccc1CC(=O)N(C)C1CCCCC1N. The van der Waals surface area contributed by atoms with Crippen molar-refractivity contribution in [3.8, 4) is 5.75 Å². The van der Waals surface area contributed by atoms with Gasteiger partial charge in [-0.2, -0.15) is 0 Å². The first-order valence-corrected chi connectivity index (χ1v) is 7.26. The molecule has 1 aliphatic rings. The molecule has 1 amide bonds. The lowest BCUT2D eigenvalue weighted by Gasteiger charge is -2.36. The summed E-state index contributed by atoms with van der Waals surface area (Å²) in [5.41, 5.74) is 7.08. The number of nitrogens with zero attached hydrogens (tertiary/aromatic N) is 1. The number of rotatable bonds is 4. The average molecular weight is 276 g/mol. The van der Waals surface area contributed by atoms with Gasteiger partial charge in [0.1, 0.15) is 5.75 Å². The van der Waals surface area contributed by atoms with Gasteiger partial charge < -0.3 is 15.4 Å². The Morgan fingerprint density at radius 2 is 2.05 bits per heavy atom. The average Bonchev–Trinajstić information content (AvgIpc) is 2.47. The Balaban J connectivity index is 2.03. The standard InChI is InChI=1S/C16H24N2O2/c1-18(14-9-5-4-8-13(14)17)16(19)11-12-7-3-6-10-15(12)20-2/h3,6-7,10,13-14H,4-5,8-9,11,17H2,1-2H3. The highest BCUT2D eigenvalue weighted by molar-refractivity contribution is 5.79. The zero-order valence-electron chi connectivity index (χ0n) is 12.3. The summed E-state index contributed by atoms with van der Waals surface area (Å²) in [5.74, 6) is 0.874. The van der Waals surface area contributed by atoms with Crippen LogP contribution in [0.5, 0.6) is 5.75 Å². The Morgan fingerprint density at radius 3 is 2.75 bits per heavy atom. The number of hydrogen-bond acceptors (Lipinski definition) is 3. The van der Waals surface area contributed by atoms with Gasteiger partial charge in [0.2, 0.25) is 5.91 Å². The Bertz CT molecular complexity index is 462. The van der Waals surface area contributed by atoms with Crippen LogP contribution in [0, 0.1) is 0 Å². The van der Waals surface area contributed by atoms with Crippen molar-refractivity contribution in [2.75, 3.05) is 14.2 Å². The molecule has 1 aromatic carbocycles. The van der Waals surface area contributed by atoms with Crippen molar-refractivity contribution in [2.24, 2.45) is 5.73 Å². The number of amides is 1. The van der Waals surface area contributed by atoms with Crippen LogP contribution in [-0.2, 0) is 11.2 Å². The highest BCUT2D eigenvalue weighted by atomic mass is 16.5. The van der Waals surface area contributed by atoms with Crippen LogP contribution < -0.4 is 10.5 Å². The maximum Gasteiger partial charge on any atom is 0.227 e. The van der Waals surface area contributed by atoms with Crippen molar-refractivity contribution in [3.05, 3.63) is 29.8 Å². The number of methoxy groups -OCH3 is 1. The molecule has 0 saturated heterocycles. The Hall–Kier alpha value is -1.55. The Morgan fingerprint density at radius 1 is 1.35 bits per heavy atom. The third-order valence-electron chi connectivity index (χ3n) is 4.21. The molecule has 2 unspecified atom stereocenters. The molecule has 110 valence electrons. The minimum atomic E-state index is 0.107. The minimum Gasteiger partial charge on any atom is -0.496 e. The van der Waals surface area contributed by atoms with Crippen LogP contribution in [0.2, 0.25) is 0 Å². The summed E-state index contributed by atoms with van der Waals surface area (Å²) in [6, 6.07) is 7.94. The third kappa shape index (κ3) is 3.31. The predicted molar refractivity (Wildman–Crippen MR) is 79.7 cm³/mol. The van der Waals surface area contributed by atoms with E-state index in [-0.39, 0.29) is 18.0 Å². The summed E-state index contributed by atoms with van der Waals surface area (Å²) >= 11 is 0. The fourth-order valence-electron chi connectivity index (χ4n) is 2.94. The Labute approximate surface area is 120 Å². The number of likely N-dealkylation sites (N-methyl/N-ethyl adjacent to an activating group) is 1. The van der Waals surface area contributed by atoms with Crippen LogP contribution in [0.4, 0.5) is 0 Å². The summed E-state index contributed by atoms with van der Waals surface area (Å²) in [4.78, 5) is 14.3. The van der Waals surface area contributed by atoms with Gasteiger partial charge in [-0.05, 0) is 18.9 Å². The summed E-state index contributed by atoms with van der Waals surface area (Å²) in [5, 5.41) is 0. The highest BCUT2D eigenvalue weighted by Crippen LogP contribution is 2.23. The molecule has 1 fully saturated rings. The number of nitrogens with two attached hydrogens (primary N) is 1. The number of carbonyl (C=O) groups excluding carboxylic acids is 1. The molecule has 2 N–H and O–H groups in total. The highest BCUT2D eigenvalue weighted by Gasteiger charge is 2.28. The first kappa shape index (κ1) is 14.9. The molecule has 1 aliphatic carbocycles. The first-order chi connectivity index (χ1) is 9.63. The van der Waals surface area contributed by atoms with Gasteiger partial charge in [-0.3, -0.25) is 4.79 Å². The van der Waals surface area contributed by atoms with E-state index >= 15 is 0 Å². The molecule has 0 radical (unpaired) electrons.